The summed E-state index contributed by atoms with van der Waals surface area (Å²) in [4.78, 5) is 9.98. The van der Waals surface area contributed by atoms with Crippen LogP contribution in [0, 0.1) is 10.1 Å². The van der Waals surface area contributed by atoms with Gasteiger partial charge in [-0.25, -0.2) is 0 Å². The molecule has 0 aromatic heterocycles. The Morgan fingerprint density at radius 3 is 2.75 bits per heavy atom. The van der Waals surface area contributed by atoms with Crippen molar-refractivity contribution in [2.24, 2.45) is 0 Å². The molecule has 0 aliphatic rings. The quantitative estimate of drug-likeness (QED) is 0.460. The van der Waals surface area contributed by atoms with Crippen molar-refractivity contribution in [3.8, 4) is 5.75 Å². The number of nitrogens with zero attached hydrogens (tertiary/aromatic N) is 1. The Balaban J connectivity index is 2.74. The van der Waals surface area contributed by atoms with Crippen molar-refractivity contribution in [1.82, 2.24) is 0 Å². The van der Waals surface area contributed by atoms with E-state index in [1.165, 1.54) is 18.2 Å². The molecular weight excluding hydrogens is 230 g/mol. The maximum Gasteiger partial charge on any atom is 0.288 e. The average Bonchev–Trinajstić information content (AvgIpc) is 2.16. The molecule has 86 valence electrons. The average molecular weight is 242 g/mol. The van der Waals surface area contributed by atoms with Crippen LogP contribution in [0.4, 0.5) is 5.69 Å². The smallest absolute Gasteiger partial charge is 0.288 e. The standard InChI is InChI=1S/C11H12ClNO3/c1-8(2)5-6-16-9-3-4-11(13(14)15)10(12)7-9/h3-5,7H,6H2,1-2H3. The third-order valence-corrected chi connectivity index (χ3v) is 2.16. The van der Waals surface area contributed by atoms with Crippen LogP contribution in [0.5, 0.6) is 5.75 Å². The minimum absolute atomic E-state index is 0.0831. The molecule has 16 heavy (non-hydrogen) atoms. The summed E-state index contributed by atoms with van der Waals surface area (Å²) in [6, 6.07) is 4.31. The second-order valence-electron chi connectivity index (χ2n) is 3.46. The van der Waals surface area contributed by atoms with Crippen LogP contribution in [0.25, 0.3) is 0 Å². The first-order chi connectivity index (χ1) is 7.50. The van der Waals surface area contributed by atoms with Gasteiger partial charge in [0.25, 0.3) is 5.69 Å². The zero-order valence-corrected chi connectivity index (χ0v) is 9.82. The van der Waals surface area contributed by atoms with Gasteiger partial charge >= 0.3 is 0 Å². The number of hydrogen-bond donors (Lipinski definition) is 0. The minimum Gasteiger partial charge on any atom is -0.489 e. The van der Waals surface area contributed by atoms with E-state index in [4.69, 9.17) is 16.3 Å². The SMILES string of the molecule is CC(C)=CCOc1ccc([N+](=O)[O-])c(Cl)c1. The predicted octanol–water partition coefficient (Wildman–Crippen LogP) is 3.59. The van der Waals surface area contributed by atoms with Gasteiger partial charge in [0.05, 0.1) is 4.92 Å². The fourth-order valence-corrected chi connectivity index (χ4v) is 1.27. The molecule has 0 amide bonds. The summed E-state index contributed by atoms with van der Waals surface area (Å²) in [6.45, 7) is 4.36. The Morgan fingerprint density at radius 2 is 2.25 bits per heavy atom. The number of ether oxygens (including phenoxy) is 1. The number of benzene rings is 1. The fraction of sp³-hybridized carbons (Fsp3) is 0.273. The molecule has 0 atom stereocenters. The van der Waals surface area contributed by atoms with Gasteiger partial charge in [-0.1, -0.05) is 17.2 Å². The van der Waals surface area contributed by atoms with Crippen LogP contribution in [0.2, 0.25) is 5.02 Å². The highest BCUT2D eigenvalue weighted by Gasteiger charge is 2.12. The Labute approximate surface area is 98.6 Å². The molecule has 0 saturated carbocycles. The lowest BCUT2D eigenvalue weighted by Crippen LogP contribution is -1.95. The van der Waals surface area contributed by atoms with Gasteiger partial charge in [0.15, 0.2) is 0 Å². The number of hydrogen-bond acceptors (Lipinski definition) is 3. The molecule has 0 spiro atoms. The molecule has 0 unspecified atom stereocenters. The molecule has 4 nitrogen and oxygen atoms in total. The van der Waals surface area contributed by atoms with E-state index < -0.39 is 4.92 Å². The first-order valence-corrected chi connectivity index (χ1v) is 5.08. The van der Waals surface area contributed by atoms with E-state index in [9.17, 15) is 10.1 Å². The van der Waals surface area contributed by atoms with Gasteiger partial charge in [-0.05, 0) is 26.0 Å². The van der Waals surface area contributed by atoms with E-state index in [2.05, 4.69) is 0 Å². The molecule has 1 aromatic rings. The summed E-state index contributed by atoms with van der Waals surface area (Å²) in [5.74, 6) is 0.521. The summed E-state index contributed by atoms with van der Waals surface area (Å²) < 4.78 is 5.35. The molecule has 0 bridgehead atoms. The Morgan fingerprint density at radius 1 is 1.56 bits per heavy atom. The van der Waals surface area contributed by atoms with Gasteiger partial charge in [-0.2, -0.15) is 0 Å². The first kappa shape index (κ1) is 12.5. The molecule has 0 aliphatic carbocycles. The van der Waals surface area contributed by atoms with Crippen LogP contribution in [-0.4, -0.2) is 11.5 Å². The molecule has 1 rings (SSSR count). The van der Waals surface area contributed by atoms with E-state index >= 15 is 0 Å². The van der Waals surface area contributed by atoms with Crippen LogP contribution in [0.1, 0.15) is 13.8 Å². The maximum atomic E-state index is 10.5. The van der Waals surface area contributed by atoms with Gasteiger partial charge < -0.3 is 4.74 Å². The Bertz CT molecular complexity index is 425. The summed E-state index contributed by atoms with van der Waals surface area (Å²) in [7, 11) is 0. The van der Waals surface area contributed by atoms with Crippen LogP contribution in [0.3, 0.4) is 0 Å². The van der Waals surface area contributed by atoms with Crippen LogP contribution >= 0.6 is 11.6 Å². The topological polar surface area (TPSA) is 52.4 Å². The molecule has 0 N–H and O–H groups in total. The van der Waals surface area contributed by atoms with Crippen LogP contribution < -0.4 is 4.74 Å². The highest BCUT2D eigenvalue weighted by atomic mass is 35.5. The van der Waals surface area contributed by atoms with Crippen molar-refractivity contribution in [2.45, 2.75) is 13.8 Å². The fourth-order valence-electron chi connectivity index (χ4n) is 1.03. The third-order valence-electron chi connectivity index (χ3n) is 1.86. The number of allylic oxidation sites excluding steroid dienone is 1. The van der Waals surface area contributed by atoms with E-state index in [0.717, 1.165) is 5.57 Å². The van der Waals surface area contributed by atoms with Crippen molar-refractivity contribution in [3.63, 3.8) is 0 Å². The lowest BCUT2D eigenvalue weighted by atomic mass is 10.3. The van der Waals surface area contributed by atoms with E-state index in [-0.39, 0.29) is 10.7 Å². The second-order valence-corrected chi connectivity index (χ2v) is 3.87. The third kappa shape index (κ3) is 3.55. The zero-order chi connectivity index (χ0) is 12.1. The minimum atomic E-state index is -0.526. The van der Waals surface area contributed by atoms with Gasteiger partial charge in [0.2, 0.25) is 0 Å². The molecule has 0 aliphatic heterocycles. The highest BCUT2D eigenvalue weighted by Crippen LogP contribution is 2.28. The lowest BCUT2D eigenvalue weighted by molar-refractivity contribution is -0.384. The molecular formula is C11H12ClNO3. The predicted molar refractivity (Wildman–Crippen MR) is 63.0 cm³/mol. The number of nitro groups is 1. The van der Waals surface area contributed by atoms with Crippen molar-refractivity contribution < 1.29 is 9.66 Å². The van der Waals surface area contributed by atoms with Crippen LogP contribution in [0.15, 0.2) is 29.8 Å². The Hall–Kier alpha value is -1.55. The molecule has 0 heterocycles. The highest BCUT2D eigenvalue weighted by molar-refractivity contribution is 6.32. The van der Waals surface area contributed by atoms with Crippen molar-refractivity contribution in [3.05, 3.63) is 45.0 Å². The van der Waals surface area contributed by atoms with Gasteiger partial charge in [0.1, 0.15) is 17.4 Å². The van der Waals surface area contributed by atoms with Gasteiger partial charge in [0, 0.05) is 12.1 Å². The monoisotopic (exact) mass is 241 g/mol. The first-order valence-electron chi connectivity index (χ1n) is 4.71. The van der Waals surface area contributed by atoms with E-state index in [0.29, 0.717) is 12.4 Å². The molecule has 1 aromatic carbocycles. The normalized spacial score (nSPS) is 9.69. The summed E-state index contributed by atoms with van der Waals surface area (Å²) in [5.41, 5.74) is 1.03. The summed E-state index contributed by atoms with van der Waals surface area (Å²) in [6.07, 6.45) is 1.91. The maximum absolute atomic E-state index is 10.5. The zero-order valence-electron chi connectivity index (χ0n) is 9.07. The molecule has 0 fully saturated rings. The van der Waals surface area contributed by atoms with Gasteiger partial charge in [-0.15, -0.1) is 0 Å². The lowest BCUT2D eigenvalue weighted by Gasteiger charge is -2.04. The van der Waals surface area contributed by atoms with Crippen molar-refractivity contribution >= 4 is 17.3 Å². The Kier molecular flexibility index (Phi) is 4.31. The number of rotatable bonds is 4. The van der Waals surface area contributed by atoms with Gasteiger partial charge in [-0.3, -0.25) is 10.1 Å². The number of halogens is 1. The van der Waals surface area contributed by atoms with Crippen LogP contribution in [-0.2, 0) is 0 Å². The number of nitro benzene ring substituents is 1. The largest absolute Gasteiger partial charge is 0.489 e. The van der Waals surface area contributed by atoms with E-state index in [1.807, 2.05) is 19.9 Å². The van der Waals surface area contributed by atoms with E-state index in [1.54, 1.807) is 0 Å². The molecule has 5 heteroatoms. The molecule has 0 saturated heterocycles. The van der Waals surface area contributed by atoms with Crippen molar-refractivity contribution in [2.75, 3.05) is 6.61 Å². The summed E-state index contributed by atoms with van der Waals surface area (Å²) >= 11 is 5.73. The van der Waals surface area contributed by atoms with Crippen molar-refractivity contribution in [1.29, 1.82) is 0 Å². The summed E-state index contributed by atoms with van der Waals surface area (Å²) in [5, 5.41) is 10.6. The molecule has 0 radical (unpaired) electrons. The second kappa shape index (κ2) is 5.51.